The zero-order valence-electron chi connectivity index (χ0n) is 12.5. The van der Waals surface area contributed by atoms with Gasteiger partial charge < -0.3 is 10.1 Å². The smallest absolute Gasteiger partial charge is 0.339 e. The zero-order valence-corrected chi connectivity index (χ0v) is 14.1. The summed E-state index contributed by atoms with van der Waals surface area (Å²) in [6, 6.07) is 14.3. The summed E-state index contributed by atoms with van der Waals surface area (Å²) < 4.78 is 4.70. The Balaban J connectivity index is 1.91. The number of rotatable bonds is 6. The van der Waals surface area contributed by atoms with Gasteiger partial charge in [0.05, 0.1) is 24.1 Å². The highest BCUT2D eigenvalue weighted by Crippen LogP contribution is 2.21. The molecule has 0 aliphatic heterocycles. The molecule has 2 aromatic rings. The second-order valence-corrected chi connectivity index (χ2v) is 6.06. The van der Waals surface area contributed by atoms with Crippen LogP contribution in [0.4, 0.5) is 5.69 Å². The van der Waals surface area contributed by atoms with E-state index in [4.69, 9.17) is 16.3 Å². The molecule has 0 atom stereocenters. The lowest BCUT2D eigenvalue weighted by Crippen LogP contribution is -2.17. The Kier molecular flexibility index (Phi) is 6.50. The van der Waals surface area contributed by atoms with Crippen LogP contribution in [0.5, 0.6) is 0 Å². The minimum atomic E-state index is -0.482. The summed E-state index contributed by atoms with van der Waals surface area (Å²) in [5.41, 5.74) is 1.77. The number of amides is 1. The lowest BCUT2D eigenvalue weighted by atomic mass is 10.2. The third-order valence-electron chi connectivity index (χ3n) is 3.06. The first-order valence-electron chi connectivity index (χ1n) is 6.90. The lowest BCUT2D eigenvalue weighted by Gasteiger charge is -2.09. The summed E-state index contributed by atoms with van der Waals surface area (Å²) in [5.74, 6) is 0.245. The van der Waals surface area contributed by atoms with E-state index in [1.807, 2.05) is 24.3 Å². The van der Waals surface area contributed by atoms with Crippen LogP contribution in [-0.2, 0) is 15.3 Å². The van der Waals surface area contributed by atoms with Crippen LogP contribution < -0.4 is 5.32 Å². The molecule has 0 fully saturated rings. The third kappa shape index (κ3) is 5.01. The zero-order chi connectivity index (χ0) is 16.7. The Morgan fingerprint density at radius 1 is 1.13 bits per heavy atom. The Morgan fingerprint density at radius 3 is 2.57 bits per heavy atom. The monoisotopic (exact) mass is 349 g/mol. The minimum absolute atomic E-state index is 0.182. The molecule has 23 heavy (non-hydrogen) atoms. The molecule has 0 spiro atoms. The molecule has 0 bridgehead atoms. The van der Waals surface area contributed by atoms with Crippen LogP contribution in [0.15, 0.2) is 48.5 Å². The van der Waals surface area contributed by atoms with Gasteiger partial charge in [-0.2, -0.15) is 0 Å². The Bertz CT molecular complexity index is 706. The van der Waals surface area contributed by atoms with E-state index in [2.05, 4.69) is 5.32 Å². The van der Waals surface area contributed by atoms with Crippen LogP contribution in [0.3, 0.4) is 0 Å². The molecule has 2 rings (SSSR count). The van der Waals surface area contributed by atoms with Crippen molar-refractivity contribution < 1.29 is 14.3 Å². The standard InChI is InChI=1S/C17H16ClNO3S/c1-22-17(21)13-7-3-5-9-15(13)19-16(20)11-23-10-12-6-2-4-8-14(12)18/h2-9H,10-11H2,1H3,(H,19,20). The van der Waals surface area contributed by atoms with Gasteiger partial charge in [-0.25, -0.2) is 4.79 Å². The van der Waals surface area contributed by atoms with Gasteiger partial charge in [-0.15, -0.1) is 11.8 Å². The molecular weight excluding hydrogens is 334 g/mol. The molecule has 4 nitrogen and oxygen atoms in total. The molecule has 0 saturated carbocycles. The minimum Gasteiger partial charge on any atom is -0.465 e. The number of anilines is 1. The van der Waals surface area contributed by atoms with E-state index in [0.29, 0.717) is 22.0 Å². The fourth-order valence-corrected chi connectivity index (χ4v) is 3.05. The van der Waals surface area contributed by atoms with Crippen molar-refractivity contribution >= 4 is 40.9 Å². The van der Waals surface area contributed by atoms with E-state index in [0.717, 1.165) is 5.56 Å². The molecule has 6 heteroatoms. The molecule has 0 aromatic heterocycles. The van der Waals surface area contributed by atoms with E-state index in [-0.39, 0.29) is 11.7 Å². The molecule has 0 aliphatic carbocycles. The van der Waals surface area contributed by atoms with E-state index in [1.165, 1.54) is 18.9 Å². The summed E-state index contributed by atoms with van der Waals surface area (Å²) in [6.45, 7) is 0. The predicted octanol–water partition coefficient (Wildman–Crippen LogP) is 4.00. The number of benzene rings is 2. The number of halogens is 1. The molecule has 120 valence electrons. The van der Waals surface area contributed by atoms with Gasteiger partial charge >= 0.3 is 5.97 Å². The number of hydrogen-bond acceptors (Lipinski definition) is 4. The highest BCUT2D eigenvalue weighted by molar-refractivity contribution is 7.99. The Hall–Kier alpha value is -1.98. The second-order valence-electron chi connectivity index (χ2n) is 4.67. The van der Waals surface area contributed by atoms with Crippen molar-refractivity contribution in [3.63, 3.8) is 0 Å². The van der Waals surface area contributed by atoms with Crippen LogP contribution in [-0.4, -0.2) is 24.7 Å². The van der Waals surface area contributed by atoms with E-state index in [1.54, 1.807) is 24.3 Å². The maximum absolute atomic E-state index is 12.0. The molecule has 0 saturated heterocycles. The second kappa shape index (κ2) is 8.60. The molecule has 0 heterocycles. The first-order valence-corrected chi connectivity index (χ1v) is 8.43. The molecule has 0 aliphatic rings. The molecule has 1 amide bonds. The van der Waals surface area contributed by atoms with Crippen LogP contribution in [0, 0.1) is 0 Å². The molecule has 2 aromatic carbocycles. The van der Waals surface area contributed by atoms with Gasteiger partial charge in [0, 0.05) is 10.8 Å². The van der Waals surface area contributed by atoms with Gasteiger partial charge in [-0.1, -0.05) is 41.9 Å². The van der Waals surface area contributed by atoms with Gasteiger partial charge in [-0.3, -0.25) is 4.79 Å². The number of hydrogen-bond donors (Lipinski definition) is 1. The maximum Gasteiger partial charge on any atom is 0.339 e. The number of ether oxygens (including phenoxy) is 1. The highest BCUT2D eigenvalue weighted by Gasteiger charge is 2.13. The molecule has 0 radical (unpaired) electrons. The molecule has 1 N–H and O–H groups in total. The highest BCUT2D eigenvalue weighted by atomic mass is 35.5. The van der Waals surface area contributed by atoms with Crippen LogP contribution >= 0.6 is 23.4 Å². The fraction of sp³-hybridized carbons (Fsp3) is 0.176. The van der Waals surface area contributed by atoms with Crippen molar-refractivity contribution in [3.05, 3.63) is 64.7 Å². The van der Waals surface area contributed by atoms with E-state index < -0.39 is 5.97 Å². The van der Waals surface area contributed by atoms with Crippen molar-refractivity contribution in [1.29, 1.82) is 0 Å². The predicted molar refractivity (Wildman–Crippen MR) is 94.0 cm³/mol. The average molecular weight is 350 g/mol. The van der Waals surface area contributed by atoms with Gasteiger partial charge in [0.1, 0.15) is 0 Å². The first kappa shape index (κ1) is 17.4. The molecule has 0 unspecified atom stereocenters. The van der Waals surface area contributed by atoms with Crippen molar-refractivity contribution in [2.75, 3.05) is 18.2 Å². The molecular formula is C17H16ClNO3S. The van der Waals surface area contributed by atoms with Crippen molar-refractivity contribution in [1.82, 2.24) is 0 Å². The normalized spacial score (nSPS) is 10.2. The number of thioether (sulfide) groups is 1. The van der Waals surface area contributed by atoms with Gasteiger partial charge in [0.25, 0.3) is 0 Å². The van der Waals surface area contributed by atoms with Crippen molar-refractivity contribution in [3.8, 4) is 0 Å². The van der Waals surface area contributed by atoms with Crippen LogP contribution in [0.2, 0.25) is 5.02 Å². The Morgan fingerprint density at radius 2 is 1.83 bits per heavy atom. The Labute approximate surface area is 144 Å². The lowest BCUT2D eigenvalue weighted by molar-refractivity contribution is -0.113. The average Bonchev–Trinajstić information content (AvgIpc) is 2.56. The first-order chi connectivity index (χ1) is 11.1. The largest absolute Gasteiger partial charge is 0.465 e. The van der Waals surface area contributed by atoms with E-state index >= 15 is 0 Å². The third-order valence-corrected chi connectivity index (χ3v) is 4.41. The van der Waals surface area contributed by atoms with Crippen LogP contribution in [0.25, 0.3) is 0 Å². The van der Waals surface area contributed by atoms with Crippen LogP contribution in [0.1, 0.15) is 15.9 Å². The van der Waals surface area contributed by atoms with Gasteiger partial charge in [0.15, 0.2) is 0 Å². The summed E-state index contributed by atoms with van der Waals surface area (Å²) >= 11 is 7.53. The summed E-state index contributed by atoms with van der Waals surface area (Å²) in [7, 11) is 1.31. The number of carbonyl (C=O) groups excluding carboxylic acids is 2. The van der Waals surface area contributed by atoms with Gasteiger partial charge in [0.2, 0.25) is 5.91 Å². The fourth-order valence-electron chi connectivity index (χ4n) is 1.94. The number of methoxy groups -OCH3 is 1. The van der Waals surface area contributed by atoms with Crippen molar-refractivity contribution in [2.24, 2.45) is 0 Å². The topological polar surface area (TPSA) is 55.4 Å². The van der Waals surface area contributed by atoms with E-state index in [9.17, 15) is 9.59 Å². The number of esters is 1. The maximum atomic E-state index is 12.0. The SMILES string of the molecule is COC(=O)c1ccccc1NC(=O)CSCc1ccccc1Cl. The summed E-state index contributed by atoms with van der Waals surface area (Å²) in [6.07, 6.45) is 0. The quantitative estimate of drug-likeness (QED) is 0.801. The summed E-state index contributed by atoms with van der Waals surface area (Å²) in [4.78, 5) is 23.7. The van der Waals surface area contributed by atoms with Crippen molar-refractivity contribution in [2.45, 2.75) is 5.75 Å². The number of nitrogens with one attached hydrogen (secondary N) is 1. The number of para-hydroxylation sites is 1. The number of carbonyl (C=O) groups is 2. The summed E-state index contributed by atoms with van der Waals surface area (Å²) in [5, 5.41) is 3.42. The van der Waals surface area contributed by atoms with Gasteiger partial charge in [-0.05, 0) is 23.8 Å².